The van der Waals surface area contributed by atoms with Gasteiger partial charge in [0, 0.05) is 20.6 Å². The summed E-state index contributed by atoms with van der Waals surface area (Å²) in [5.74, 6) is 0. The van der Waals surface area contributed by atoms with Crippen LogP contribution in [0.25, 0.3) is 0 Å². The maximum atomic E-state index is 6.37. The lowest BCUT2D eigenvalue weighted by molar-refractivity contribution is -0.704. The van der Waals surface area contributed by atoms with Crippen molar-refractivity contribution in [1.82, 2.24) is 4.98 Å². The van der Waals surface area contributed by atoms with Crippen LogP contribution in [0.3, 0.4) is 0 Å². The van der Waals surface area contributed by atoms with Crippen LogP contribution in [0.5, 0.6) is 0 Å². The predicted octanol–water partition coefficient (Wildman–Crippen LogP) is 5.22. The molecule has 2 aromatic carbocycles. The van der Waals surface area contributed by atoms with E-state index in [0.29, 0.717) is 28.2 Å². The first kappa shape index (κ1) is 17.3. The topological polar surface area (TPSA) is 28.9 Å². The van der Waals surface area contributed by atoms with Gasteiger partial charge in [-0.25, -0.2) is 4.57 Å². The average Bonchev–Trinajstić information content (AvgIpc) is 3.06. The third-order valence-electron chi connectivity index (χ3n) is 3.65. The largest absolute Gasteiger partial charge is 0.365 e. The quantitative estimate of drug-likeness (QED) is 0.582. The van der Waals surface area contributed by atoms with Crippen molar-refractivity contribution in [2.24, 2.45) is 0 Å². The lowest BCUT2D eigenvalue weighted by Gasteiger charge is -2.18. The van der Waals surface area contributed by atoms with E-state index >= 15 is 0 Å². The highest BCUT2D eigenvalue weighted by molar-refractivity contribution is 6.35. The number of hydrogen-bond donors (Lipinski definition) is 1. The highest BCUT2D eigenvalue weighted by atomic mass is 35.5. The Morgan fingerprint density at radius 3 is 2.42 bits per heavy atom. The van der Waals surface area contributed by atoms with Gasteiger partial charge in [-0.15, -0.1) is 0 Å². The average molecular weight is 383 g/mol. The number of rotatable bonds is 6. The number of hydrogen-bond acceptors (Lipinski definition) is 1. The van der Waals surface area contributed by atoms with Crippen LogP contribution in [0.1, 0.15) is 17.2 Å². The van der Waals surface area contributed by atoms with Crippen molar-refractivity contribution in [3.8, 4) is 0 Å². The summed E-state index contributed by atoms with van der Waals surface area (Å²) in [5, 5.41) is 1.91. The smallest absolute Gasteiger partial charge is 0.241 e. The zero-order chi connectivity index (χ0) is 16.9. The molecule has 24 heavy (non-hydrogen) atoms. The van der Waals surface area contributed by atoms with Gasteiger partial charge in [-0.05, 0) is 29.8 Å². The Balaban J connectivity index is 1.80. The number of halogens is 3. The summed E-state index contributed by atoms with van der Waals surface area (Å²) < 4.78 is 8.15. The fourth-order valence-electron chi connectivity index (χ4n) is 2.41. The Bertz CT molecular complexity index is 789. The zero-order valence-electron chi connectivity index (χ0n) is 12.8. The second-order valence-electron chi connectivity index (χ2n) is 5.40. The summed E-state index contributed by atoms with van der Waals surface area (Å²) in [6, 6.07) is 13.1. The van der Waals surface area contributed by atoms with E-state index in [0.717, 1.165) is 11.1 Å². The Morgan fingerprint density at radius 1 is 1.00 bits per heavy atom. The summed E-state index contributed by atoms with van der Waals surface area (Å²) in [4.78, 5) is 3.03. The second-order valence-corrected chi connectivity index (χ2v) is 6.68. The molecule has 0 bridgehead atoms. The van der Waals surface area contributed by atoms with Crippen LogP contribution in [-0.4, -0.2) is 4.98 Å². The molecule has 3 rings (SSSR count). The molecular formula is C18H16Cl3N2O+. The number of ether oxygens (including phenoxy) is 1. The molecule has 6 heteroatoms. The molecule has 124 valence electrons. The summed E-state index contributed by atoms with van der Waals surface area (Å²) in [5.41, 5.74) is 1.96. The molecule has 0 aliphatic heterocycles. The summed E-state index contributed by atoms with van der Waals surface area (Å²) >= 11 is 18.3. The fraction of sp³-hybridized carbons (Fsp3) is 0.167. The highest BCUT2D eigenvalue weighted by Gasteiger charge is 2.19. The van der Waals surface area contributed by atoms with Crippen LogP contribution >= 0.6 is 34.8 Å². The molecule has 1 N–H and O–H groups in total. The number of aromatic nitrogens is 2. The number of aromatic amines is 1. The van der Waals surface area contributed by atoms with Crippen LogP contribution < -0.4 is 4.57 Å². The number of nitrogens with one attached hydrogen (secondary N) is 1. The molecule has 0 aliphatic carbocycles. The molecule has 1 heterocycles. The minimum atomic E-state index is -0.203. The van der Waals surface area contributed by atoms with Crippen LogP contribution in [0.15, 0.2) is 61.2 Å². The van der Waals surface area contributed by atoms with E-state index < -0.39 is 0 Å². The van der Waals surface area contributed by atoms with E-state index in [4.69, 9.17) is 39.5 Å². The monoisotopic (exact) mass is 381 g/mol. The molecule has 0 aliphatic rings. The standard InChI is InChI=1S/C18H15Cl3N2O/c19-14-3-1-13(2-4-14)11-24-18(10-23-8-7-22-12-23)16-6-5-15(20)9-17(16)21/h1-9,12,18H,10-11H2/p+1. The van der Waals surface area contributed by atoms with Gasteiger partial charge in [0.1, 0.15) is 25.0 Å². The Hall–Kier alpha value is -1.52. The number of imidazole rings is 1. The minimum Gasteiger partial charge on any atom is -0.365 e. The van der Waals surface area contributed by atoms with Crippen molar-refractivity contribution >= 4 is 34.8 Å². The van der Waals surface area contributed by atoms with Gasteiger partial charge in [0.25, 0.3) is 0 Å². The summed E-state index contributed by atoms with van der Waals surface area (Å²) in [7, 11) is 0. The second kappa shape index (κ2) is 8.04. The first-order valence-electron chi connectivity index (χ1n) is 7.44. The molecule has 0 fully saturated rings. The number of nitrogens with zero attached hydrogens (tertiary/aromatic N) is 1. The van der Waals surface area contributed by atoms with Gasteiger partial charge in [0.05, 0.1) is 6.61 Å². The maximum Gasteiger partial charge on any atom is 0.241 e. The van der Waals surface area contributed by atoms with Gasteiger partial charge < -0.3 is 4.74 Å². The Morgan fingerprint density at radius 2 is 1.75 bits per heavy atom. The Labute approximate surface area is 155 Å². The van der Waals surface area contributed by atoms with Crippen molar-refractivity contribution < 1.29 is 9.30 Å². The zero-order valence-corrected chi connectivity index (χ0v) is 15.0. The van der Waals surface area contributed by atoms with Gasteiger partial charge in [0.2, 0.25) is 6.33 Å². The minimum absolute atomic E-state index is 0.203. The highest BCUT2D eigenvalue weighted by Crippen LogP contribution is 2.29. The van der Waals surface area contributed by atoms with Gasteiger partial charge in [0.15, 0.2) is 0 Å². The van der Waals surface area contributed by atoms with E-state index in [9.17, 15) is 0 Å². The molecule has 0 radical (unpaired) electrons. The number of H-pyrrole nitrogens is 1. The van der Waals surface area contributed by atoms with Gasteiger partial charge in [-0.2, -0.15) is 0 Å². The predicted molar refractivity (Wildman–Crippen MR) is 96.4 cm³/mol. The van der Waals surface area contributed by atoms with Crippen molar-refractivity contribution in [2.45, 2.75) is 19.3 Å². The fourth-order valence-corrected chi connectivity index (χ4v) is 3.06. The lowest BCUT2D eigenvalue weighted by atomic mass is 10.1. The first-order chi connectivity index (χ1) is 11.6. The summed E-state index contributed by atoms with van der Waals surface area (Å²) in [6.45, 7) is 1.10. The van der Waals surface area contributed by atoms with Gasteiger partial charge in [-0.3, -0.25) is 4.98 Å². The van der Waals surface area contributed by atoms with E-state index in [1.807, 2.05) is 59.7 Å². The van der Waals surface area contributed by atoms with Crippen LogP contribution in [0.2, 0.25) is 15.1 Å². The van der Waals surface area contributed by atoms with E-state index in [-0.39, 0.29) is 6.10 Å². The molecular weight excluding hydrogens is 367 g/mol. The SMILES string of the molecule is Clc1ccc(COC(C[n+]2cc[nH]c2)c2ccc(Cl)cc2Cl)cc1. The van der Waals surface area contributed by atoms with Gasteiger partial charge >= 0.3 is 0 Å². The number of benzene rings is 2. The molecule has 1 unspecified atom stereocenters. The molecule has 0 amide bonds. The molecule has 1 aromatic heterocycles. The maximum absolute atomic E-state index is 6.37. The van der Waals surface area contributed by atoms with Crippen molar-refractivity contribution in [3.05, 3.63) is 87.4 Å². The van der Waals surface area contributed by atoms with Gasteiger partial charge in [-0.1, -0.05) is 53.0 Å². The van der Waals surface area contributed by atoms with E-state index in [1.54, 1.807) is 6.07 Å². The van der Waals surface area contributed by atoms with E-state index in [1.165, 1.54) is 0 Å². The third-order valence-corrected chi connectivity index (χ3v) is 4.47. The molecule has 3 aromatic rings. The molecule has 0 saturated heterocycles. The van der Waals surface area contributed by atoms with E-state index in [2.05, 4.69) is 4.98 Å². The van der Waals surface area contributed by atoms with Crippen LogP contribution in [0.4, 0.5) is 0 Å². The molecule has 0 saturated carbocycles. The van der Waals surface area contributed by atoms with Crippen molar-refractivity contribution in [1.29, 1.82) is 0 Å². The lowest BCUT2D eigenvalue weighted by Crippen LogP contribution is -2.35. The normalized spacial score (nSPS) is 12.3. The van der Waals surface area contributed by atoms with Crippen LogP contribution in [-0.2, 0) is 17.9 Å². The first-order valence-corrected chi connectivity index (χ1v) is 8.58. The Kier molecular flexibility index (Phi) is 5.80. The van der Waals surface area contributed by atoms with Crippen LogP contribution in [0, 0.1) is 0 Å². The molecule has 1 atom stereocenters. The summed E-state index contributed by atoms with van der Waals surface area (Å²) in [6.07, 6.45) is 5.48. The van der Waals surface area contributed by atoms with Crippen molar-refractivity contribution in [3.63, 3.8) is 0 Å². The third kappa shape index (κ3) is 4.52. The molecule has 0 spiro atoms. The molecule has 3 nitrogen and oxygen atoms in total. The van der Waals surface area contributed by atoms with Crippen molar-refractivity contribution in [2.75, 3.05) is 0 Å².